The summed E-state index contributed by atoms with van der Waals surface area (Å²) in [5, 5.41) is 7.70. The first kappa shape index (κ1) is 34.8. The molecular formula is C37H44N6O4. The highest BCUT2D eigenvalue weighted by molar-refractivity contribution is 5.98. The molecule has 0 radical (unpaired) electrons. The van der Waals surface area contributed by atoms with E-state index in [1.54, 1.807) is 18.2 Å². The smallest absolute Gasteiger partial charge is 0.251 e. The van der Waals surface area contributed by atoms with Crippen LogP contribution in [0.2, 0.25) is 0 Å². The maximum absolute atomic E-state index is 14.4. The fourth-order valence-corrected chi connectivity index (χ4v) is 5.47. The van der Waals surface area contributed by atoms with Crippen LogP contribution in [0.15, 0.2) is 97.1 Å². The van der Waals surface area contributed by atoms with Crippen LogP contribution in [0, 0.1) is 0 Å². The van der Waals surface area contributed by atoms with E-state index in [0.717, 1.165) is 27.5 Å². The molecule has 0 saturated carbocycles. The molecule has 47 heavy (non-hydrogen) atoms. The zero-order chi connectivity index (χ0) is 33.6. The Morgan fingerprint density at radius 1 is 0.702 bits per heavy atom. The minimum Gasteiger partial charge on any atom is -0.368 e. The number of carbonyl (C=O) groups excluding carboxylic acids is 4. The first-order chi connectivity index (χ1) is 22.8. The third kappa shape index (κ3) is 10.5. The van der Waals surface area contributed by atoms with Crippen LogP contribution < -0.4 is 27.8 Å². The lowest BCUT2D eigenvalue weighted by Gasteiger charge is -2.28. The summed E-state index contributed by atoms with van der Waals surface area (Å²) in [4.78, 5) is 54.8. The van der Waals surface area contributed by atoms with Crippen LogP contribution in [0.25, 0.3) is 10.8 Å². The van der Waals surface area contributed by atoms with Crippen molar-refractivity contribution in [2.75, 3.05) is 19.6 Å². The third-order valence-electron chi connectivity index (χ3n) is 8.07. The van der Waals surface area contributed by atoms with Crippen LogP contribution in [0.4, 0.5) is 0 Å². The highest BCUT2D eigenvalue weighted by atomic mass is 16.2. The Balaban J connectivity index is 1.62. The third-order valence-corrected chi connectivity index (χ3v) is 8.07. The number of nitrogens with two attached hydrogens (primary N) is 3. The van der Waals surface area contributed by atoms with Gasteiger partial charge < -0.3 is 32.7 Å². The molecule has 10 heteroatoms. The normalized spacial score (nSPS) is 12.2. The number of unbranched alkanes of at least 4 members (excludes halogenated alkanes) is 1. The van der Waals surface area contributed by atoms with Gasteiger partial charge in [0.2, 0.25) is 17.7 Å². The van der Waals surface area contributed by atoms with E-state index >= 15 is 0 Å². The quantitative estimate of drug-likeness (QED) is 0.111. The lowest BCUT2D eigenvalue weighted by atomic mass is 10.00. The van der Waals surface area contributed by atoms with E-state index in [1.165, 1.54) is 4.90 Å². The van der Waals surface area contributed by atoms with Crippen LogP contribution in [0.5, 0.6) is 0 Å². The monoisotopic (exact) mass is 636 g/mol. The van der Waals surface area contributed by atoms with Crippen molar-refractivity contribution in [1.29, 1.82) is 0 Å². The molecule has 0 heterocycles. The zero-order valence-electron chi connectivity index (χ0n) is 26.6. The second kappa shape index (κ2) is 17.6. The minimum absolute atomic E-state index is 0.193. The lowest BCUT2D eigenvalue weighted by Crippen LogP contribution is -2.54. The number of hydrogen-bond donors (Lipinski definition) is 5. The summed E-state index contributed by atoms with van der Waals surface area (Å²) < 4.78 is 0. The van der Waals surface area contributed by atoms with E-state index in [2.05, 4.69) is 10.6 Å². The van der Waals surface area contributed by atoms with Crippen LogP contribution in [-0.4, -0.2) is 60.2 Å². The van der Waals surface area contributed by atoms with Crippen LogP contribution in [-0.2, 0) is 33.8 Å². The molecule has 10 nitrogen and oxygen atoms in total. The van der Waals surface area contributed by atoms with Gasteiger partial charge in [-0.1, -0.05) is 84.9 Å². The highest BCUT2D eigenvalue weighted by Gasteiger charge is 2.29. The Kier molecular flexibility index (Phi) is 13.0. The standard InChI is InChI=1S/C37H44N6O4/c38-19-7-6-15-32(35(40)45)41-34(44)25-43(20-18-26-9-2-1-3-10-26)37(47)33(42-36(46)31-14-8-11-28(22-31)24-39)23-27-16-17-29-12-4-5-13-30(29)21-27/h1-5,8-14,16-17,21-22,32-33H,6-7,15,18-20,23-25,38-39H2,(H2,40,45)(H,41,44)(H,42,46)/t32-,33+/m0/s1. The van der Waals surface area contributed by atoms with E-state index in [9.17, 15) is 19.2 Å². The molecule has 0 aliphatic heterocycles. The van der Waals surface area contributed by atoms with Gasteiger partial charge in [0.1, 0.15) is 12.1 Å². The van der Waals surface area contributed by atoms with Crippen molar-refractivity contribution in [1.82, 2.24) is 15.5 Å². The fraction of sp³-hybridized carbons (Fsp3) is 0.297. The number of nitrogens with zero attached hydrogens (tertiary/aromatic N) is 1. The molecule has 0 aliphatic rings. The molecule has 8 N–H and O–H groups in total. The SMILES string of the molecule is NCCCC[C@H](NC(=O)CN(CCc1ccccc1)C(=O)[C@@H](Cc1ccc2ccccc2c1)NC(=O)c1cccc(CN)c1)C(N)=O. The van der Waals surface area contributed by atoms with Gasteiger partial charge in [-0.2, -0.15) is 0 Å². The van der Waals surface area contributed by atoms with Crippen LogP contribution >= 0.6 is 0 Å². The summed E-state index contributed by atoms with van der Waals surface area (Å²) >= 11 is 0. The summed E-state index contributed by atoms with van der Waals surface area (Å²) in [6.45, 7) is 0.611. The number of rotatable bonds is 17. The van der Waals surface area contributed by atoms with Crippen molar-refractivity contribution in [3.8, 4) is 0 Å². The molecule has 0 aromatic heterocycles. The summed E-state index contributed by atoms with van der Waals surface area (Å²) in [5.74, 6) is -2.03. The number of hydrogen-bond acceptors (Lipinski definition) is 6. The van der Waals surface area contributed by atoms with Gasteiger partial charge in [-0.3, -0.25) is 19.2 Å². The predicted octanol–water partition coefficient (Wildman–Crippen LogP) is 2.81. The maximum Gasteiger partial charge on any atom is 0.251 e. The van der Waals surface area contributed by atoms with Gasteiger partial charge in [-0.25, -0.2) is 0 Å². The molecule has 0 spiro atoms. The molecule has 4 rings (SSSR count). The van der Waals surface area contributed by atoms with E-state index in [1.807, 2.05) is 78.9 Å². The molecule has 0 unspecified atom stereocenters. The number of benzene rings is 4. The zero-order valence-corrected chi connectivity index (χ0v) is 26.6. The van der Waals surface area contributed by atoms with Crippen molar-refractivity contribution in [2.24, 2.45) is 17.2 Å². The summed E-state index contributed by atoms with van der Waals surface area (Å²) in [6.07, 6.45) is 2.32. The van der Waals surface area contributed by atoms with Gasteiger partial charge >= 0.3 is 0 Å². The average Bonchev–Trinajstić information content (AvgIpc) is 3.09. The average molecular weight is 637 g/mol. The van der Waals surface area contributed by atoms with E-state index in [-0.39, 0.29) is 26.1 Å². The largest absolute Gasteiger partial charge is 0.368 e. The number of primary amides is 1. The molecule has 246 valence electrons. The Morgan fingerprint density at radius 3 is 2.15 bits per heavy atom. The number of fused-ring (bicyclic) bond motifs is 1. The molecule has 4 aromatic carbocycles. The molecule has 4 amide bonds. The van der Waals surface area contributed by atoms with Crippen molar-refractivity contribution in [3.63, 3.8) is 0 Å². The van der Waals surface area contributed by atoms with Gasteiger partial charge in [0.05, 0.1) is 6.54 Å². The molecule has 4 aromatic rings. The minimum atomic E-state index is -0.995. The Labute approximate surface area is 275 Å². The Hall–Kier alpha value is -5.06. The van der Waals surface area contributed by atoms with Gasteiger partial charge in [-0.05, 0) is 71.8 Å². The number of carbonyl (C=O) groups is 4. The lowest BCUT2D eigenvalue weighted by molar-refractivity contribution is -0.138. The molecular weight excluding hydrogens is 592 g/mol. The molecule has 2 atom stereocenters. The van der Waals surface area contributed by atoms with Gasteiger partial charge in [0.15, 0.2) is 0 Å². The first-order valence-corrected chi connectivity index (χ1v) is 16.0. The van der Waals surface area contributed by atoms with Gasteiger partial charge in [0, 0.05) is 25.1 Å². The van der Waals surface area contributed by atoms with Crippen molar-refractivity contribution in [2.45, 2.75) is 50.7 Å². The first-order valence-electron chi connectivity index (χ1n) is 16.0. The number of nitrogens with one attached hydrogen (secondary N) is 2. The van der Waals surface area contributed by atoms with Gasteiger partial charge in [-0.15, -0.1) is 0 Å². The topological polar surface area (TPSA) is 174 Å². The maximum atomic E-state index is 14.4. The molecule has 0 saturated heterocycles. The van der Waals surface area contributed by atoms with Crippen molar-refractivity contribution < 1.29 is 19.2 Å². The van der Waals surface area contributed by atoms with Crippen LogP contribution in [0.3, 0.4) is 0 Å². The summed E-state index contributed by atoms with van der Waals surface area (Å²) in [7, 11) is 0. The summed E-state index contributed by atoms with van der Waals surface area (Å²) in [5.41, 5.74) is 20.0. The van der Waals surface area contributed by atoms with E-state index in [4.69, 9.17) is 17.2 Å². The Bertz CT molecular complexity index is 1660. The fourth-order valence-electron chi connectivity index (χ4n) is 5.47. The van der Waals surface area contributed by atoms with Crippen LogP contribution in [0.1, 0.15) is 46.3 Å². The summed E-state index contributed by atoms with van der Waals surface area (Å²) in [6, 6.07) is 28.5. The molecule has 0 aliphatic carbocycles. The Morgan fingerprint density at radius 2 is 1.43 bits per heavy atom. The molecule has 0 bridgehead atoms. The predicted molar refractivity (Wildman–Crippen MR) is 184 cm³/mol. The highest BCUT2D eigenvalue weighted by Crippen LogP contribution is 2.18. The van der Waals surface area contributed by atoms with Crippen molar-refractivity contribution >= 4 is 34.4 Å². The van der Waals surface area contributed by atoms with Gasteiger partial charge in [0.25, 0.3) is 5.91 Å². The number of amides is 4. The second-order valence-electron chi connectivity index (χ2n) is 11.6. The second-order valence-corrected chi connectivity index (χ2v) is 11.6. The van der Waals surface area contributed by atoms with E-state index in [0.29, 0.717) is 37.8 Å². The van der Waals surface area contributed by atoms with E-state index < -0.39 is 35.7 Å². The van der Waals surface area contributed by atoms with Crippen molar-refractivity contribution in [3.05, 3.63) is 119 Å². The molecule has 0 fully saturated rings.